The molecule has 1 aromatic carbocycles. The lowest BCUT2D eigenvalue weighted by atomic mass is 10.2. The van der Waals surface area contributed by atoms with Crippen LogP contribution in [0.15, 0.2) is 12.1 Å². The maximum absolute atomic E-state index is 10.3. The van der Waals surface area contributed by atoms with Gasteiger partial charge in [0.25, 0.3) is 0 Å². The number of rotatable bonds is 1. The maximum Gasteiger partial charge on any atom is 0.314 e. The van der Waals surface area contributed by atoms with Gasteiger partial charge in [-0.1, -0.05) is 11.6 Å². The van der Waals surface area contributed by atoms with Gasteiger partial charge in [-0.25, -0.2) is 0 Å². The number of phenols is 1. The highest BCUT2D eigenvalue weighted by Crippen LogP contribution is 2.35. The molecule has 1 rings (SSSR count). The Bertz CT molecular complexity index is 340. The fourth-order valence-electron chi connectivity index (χ4n) is 0.744. The molecule has 0 aliphatic rings. The van der Waals surface area contributed by atoms with Crippen molar-refractivity contribution in [2.75, 3.05) is 5.73 Å². The topological polar surface area (TPSA) is 89.4 Å². The van der Waals surface area contributed by atoms with Gasteiger partial charge in [-0.05, 0) is 6.07 Å². The van der Waals surface area contributed by atoms with E-state index in [0.717, 1.165) is 6.07 Å². The first-order valence-electron chi connectivity index (χ1n) is 2.94. The van der Waals surface area contributed by atoms with Gasteiger partial charge in [0.15, 0.2) is 0 Å². The second-order valence-electron chi connectivity index (χ2n) is 2.13. The largest absolute Gasteiger partial charge is 0.501 e. The number of benzene rings is 1. The second kappa shape index (κ2) is 2.86. The minimum Gasteiger partial charge on any atom is -0.501 e. The van der Waals surface area contributed by atoms with Crippen molar-refractivity contribution in [2.45, 2.75) is 0 Å². The number of halogens is 1. The van der Waals surface area contributed by atoms with Crippen LogP contribution < -0.4 is 5.73 Å². The van der Waals surface area contributed by atoms with Crippen LogP contribution in [0.2, 0.25) is 5.02 Å². The normalized spacial score (nSPS) is 9.75. The third-order valence-corrected chi connectivity index (χ3v) is 1.55. The van der Waals surface area contributed by atoms with Crippen LogP contribution in [0, 0.1) is 10.1 Å². The summed E-state index contributed by atoms with van der Waals surface area (Å²) >= 11 is 5.43. The quantitative estimate of drug-likeness (QED) is 0.303. The lowest BCUT2D eigenvalue weighted by Gasteiger charge is -1.99. The van der Waals surface area contributed by atoms with E-state index in [1.165, 1.54) is 6.07 Å². The average molecular weight is 189 g/mol. The molecule has 0 radical (unpaired) electrons. The number of nitrogens with two attached hydrogens (primary N) is 1. The highest BCUT2D eigenvalue weighted by atomic mass is 35.5. The lowest BCUT2D eigenvalue weighted by Crippen LogP contribution is -1.92. The Labute approximate surface area is 72.5 Å². The average Bonchev–Trinajstić information content (AvgIpc) is 1.96. The Morgan fingerprint density at radius 1 is 1.58 bits per heavy atom. The van der Waals surface area contributed by atoms with E-state index in [4.69, 9.17) is 22.4 Å². The zero-order valence-electron chi connectivity index (χ0n) is 5.82. The third-order valence-electron chi connectivity index (χ3n) is 1.26. The minimum absolute atomic E-state index is 0.123. The van der Waals surface area contributed by atoms with E-state index < -0.39 is 16.4 Å². The van der Waals surface area contributed by atoms with Crippen molar-refractivity contribution in [3.8, 4) is 5.75 Å². The number of hydrogen-bond acceptors (Lipinski definition) is 4. The number of hydrogen-bond donors (Lipinski definition) is 2. The zero-order valence-corrected chi connectivity index (χ0v) is 6.58. The van der Waals surface area contributed by atoms with Gasteiger partial charge in [0.1, 0.15) is 0 Å². The summed E-state index contributed by atoms with van der Waals surface area (Å²) in [6.07, 6.45) is 0. The smallest absolute Gasteiger partial charge is 0.314 e. The molecule has 0 atom stereocenters. The predicted octanol–water partition coefficient (Wildman–Crippen LogP) is 1.54. The molecule has 0 aliphatic heterocycles. The summed E-state index contributed by atoms with van der Waals surface area (Å²) in [5, 5.41) is 19.2. The van der Waals surface area contributed by atoms with Gasteiger partial charge in [0.05, 0.1) is 9.95 Å². The number of nitro groups is 1. The molecule has 0 fully saturated rings. The monoisotopic (exact) mass is 188 g/mol. The molecule has 64 valence electrons. The molecule has 1 aromatic rings. The van der Waals surface area contributed by atoms with Crippen molar-refractivity contribution in [1.29, 1.82) is 0 Å². The SMILES string of the molecule is Nc1cc(Cl)c(O)c([N+](=O)[O-])c1. The van der Waals surface area contributed by atoms with Crippen LogP contribution in [0.1, 0.15) is 0 Å². The lowest BCUT2D eigenvalue weighted by molar-refractivity contribution is -0.385. The first kappa shape index (κ1) is 8.61. The molecule has 0 saturated heterocycles. The van der Waals surface area contributed by atoms with Gasteiger partial charge in [-0.3, -0.25) is 10.1 Å². The summed E-state index contributed by atoms with van der Waals surface area (Å²) in [7, 11) is 0. The molecule has 0 bridgehead atoms. The molecule has 0 spiro atoms. The van der Waals surface area contributed by atoms with E-state index in [0.29, 0.717) is 0 Å². The molecule has 0 saturated carbocycles. The molecule has 3 N–H and O–H groups in total. The van der Waals surface area contributed by atoms with E-state index in [9.17, 15) is 10.1 Å². The van der Waals surface area contributed by atoms with Crippen LogP contribution in [0.5, 0.6) is 5.75 Å². The molecule has 12 heavy (non-hydrogen) atoms. The second-order valence-corrected chi connectivity index (χ2v) is 2.53. The Morgan fingerprint density at radius 3 is 2.67 bits per heavy atom. The summed E-state index contributed by atoms with van der Waals surface area (Å²) < 4.78 is 0. The Morgan fingerprint density at radius 2 is 2.17 bits per heavy atom. The standard InChI is InChI=1S/C6H5ClN2O3/c7-4-1-3(8)2-5(6(4)10)9(11)12/h1-2,10H,8H2. The first-order chi connectivity index (χ1) is 5.52. The number of aromatic hydroxyl groups is 1. The van der Waals surface area contributed by atoms with Crippen LogP contribution in [0.3, 0.4) is 0 Å². The van der Waals surface area contributed by atoms with Gasteiger partial charge in [0.2, 0.25) is 5.75 Å². The van der Waals surface area contributed by atoms with Gasteiger partial charge < -0.3 is 10.8 Å². The first-order valence-corrected chi connectivity index (χ1v) is 3.32. The molecule has 6 heteroatoms. The van der Waals surface area contributed by atoms with Crippen LogP contribution >= 0.6 is 11.6 Å². The van der Waals surface area contributed by atoms with Crippen molar-refractivity contribution in [3.63, 3.8) is 0 Å². The van der Waals surface area contributed by atoms with Gasteiger partial charge in [-0.2, -0.15) is 0 Å². The van der Waals surface area contributed by atoms with Gasteiger partial charge >= 0.3 is 5.69 Å². The van der Waals surface area contributed by atoms with E-state index >= 15 is 0 Å². The van der Waals surface area contributed by atoms with Crippen molar-refractivity contribution in [3.05, 3.63) is 27.3 Å². The van der Waals surface area contributed by atoms with E-state index in [1.54, 1.807) is 0 Å². The van der Waals surface area contributed by atoms with Crippen molar-refractivity contribution in [2.24, 2.45) is 0 Å². The van der Waals surface area contributed by atoms with Crippen molar-refractivity contribution >= 4 is 23.0 Å². The Kier molecular flexibility index (Phi) is 2.05. The number of nitro benzene ring substituents is 1. The van der Waals surface area contributed by atoms with E-state index in [1.807, 2.05) is 0 Å². The number of phenolic OH excluding ortho intramolecular Hbond substituents is 1. The fourth-order valence-corrected chi connectivity index (χ4v) is 0.967. The molecule has 0 amide bonds. The molecule has 0 aromatic heterocycles. The number of nitrogen functional groups attached to an aromatic ring is 1. The van der Waals surface area contributed by atoms with Gasteiger partial charge in [-0.15, -0.1) is 0 Å². The van der Waals surface area contributed by atoms with E-state index in [2.05, 4.69) is 0 Å². The molecular formula is C6H5ClN2O3. The Hall–Kier alpha value is -1.49. The highest BCUT2D eigenvalue weighted by Gasteiger charge is 2.16. The Balaban J connectivity index is 3.37. The van der Waals surface area contributed by atoms with Crippen LogP contribution in [0.4, 0.5) is 11.4 Å². The minimum atomic E-state index is -0.752. The zero-order chi connectivity index (χ0) is 9.30. The molecule has 0 heterocycles. The molecular weight excluding hydrogens is 184 g/mol. The number of nitrogens with zero attached hydrogens (tertiary/aromatic N) is 1. The van der Waals surface area contributed by atoms with Gasteiger partial charge in [0, 0.05) is 11.8 Å². The van der Waals surface area contributed by atoms with Crippen LogP contribution in [-0.4, -0.2) is 10.0 Å². The van der Waals surface area contributed by atoms with E-state index in [-0.39, 0.29) is 10.7 Å². The predicted molar refractivity (Wildman–Crippen MR) is 44.2 cm³/mol. The van der Waals surface area contributed by atoms with Crippen LogP contribution in [-0.2, 0) is 0 Å². The summed E-state index contributed by atoms with van der Waals surface area (Å²) in [6, 6.07) is 2.28. The summed E-state index contributed by atoms with van der Waals surface area (Å²) in [4.78, 5) is 9.51. The fraction of sp³-hybridized carbons (Fsp3) is 0. The summed E-state index contributed by atoms with van der Waals surface area (Å²) in [5.41, 5.74) is 4.92. The summed E-state index contributed by atoms with van der Waals surface area (Å²) in [6.45, 7) is 0. The maximum atomic E-state index is 10.3. The third kappa shape index (κ3) is 1.40. The highest BCUT2D eigenvalue weighted by molar-refractivity contribution is 6.32. The van der Waals surface area contributed by atoms with Crippen molar-refractivity contribution in [1.82, 2.24) is 0 Å². The summed E-state index contributed by atoms with van der Waals surface area (Å²) in [5.74, 6) is -0.559. The number of anilines is 1. The van der Waals surface area contributed by atoms with Crippen LogP contribution in [0.25, 0.3) is 0 Å². The van der Waals surface area contributed by atoms with Crippen molar-refractivity contribution < 1.29 is 10.0 Å². The molecule has 5 nitrogen and oxygen atoms in total. The molecule has 0 unspecified atom stereocenters. The molecule has 0 aliphatic carbocycles.